The first kappa shape index (κ1) is 9.28. The number of thiophene rings is 1. The highest BCUT2D eigenvalue weighted by Crippen LogP contribution is 2.12. The fraction of sp³-hybridized carbons (Fsp3) is 0.286. The van der Waals surface area contributed by atoms with E-state index in [2.05, 4.69) is 16.2 Å². The van der Waals surface area contributed by atoms with Gasteiger partial charge in [0.15, 0.2) is 5.11 Å². The first-order valence-corrected chi connectivity index (χ1v) is 4.95. The second-order valence-electron chi connectivity index (χ2n) is 2.09. The van der Waals surface area contributed by atoms with Crippen LogP contribution in [0, 0.1) is 0 Å². The molecular weight excluding hydrogens is 190 g/mol. The van der Waals surface area contributed by atoms with Gasteiger partial charge in [-0.1, -0.05) is 0 Å². The van der Waals surface area contributed by atoms with Gasteiger partial charge in [-0.3, -0.25) is 10.9 Å². The van der Waals surface area contributed by atoms with E-state index in [1.165, 1.54) is 0 Å². The van der Waals surface area contributed by atoms with Gasteiger partial charge in [0.1, 0.15) is 5.00 Å². The first-order valence-electron chi connectivity index (χ1n) is 3.66. The normalized spacial score (nSPS) is 9.08. The van der Waals surface area contributed by atoms with Gasteiger partial charge in [-0.05, 0) is 36.7 Å². The summed E-state index contributed by atoms with van der Waals surface area (Å²) in [4.78, 5) is 0. The fourth-order valence-corrected chi connectivity index (χ4v) is 1.44. The Balaban J connectivity index is 2.22. The van der Waals surface area contributed by atoms with E-state index in [9.17, 15) is 0 Å². The lowest BCUT2D eigenvalue weighted by Gasteiger charge is -2.08. The Kier molecular flexibility index (Phi) is 3.83. The van der Waals surface area contributed by atoms with Crippen molar-refractivity contribution in [3.05, 3.63) is 17.5 Å². The molecule has 12 heavy (non-hydrogen) atoms. The van der Waals surface area contributed by atoms with E-state index >= 15 is 0 Å². The van der Waals surface area contributed by atoms with Crippen molar-refractivity contribution in [1.29, 1.82) is 0 Å². The Morgan fingerprint density at radius 3 is 3.08 bits per heavy atom. The molecule has 5 heteroatoms. The van der Waals surface area contributed by atoms with E-state index in [0.717, 1.165) is 11.5 Å². The average Bonchev–Trinajstić information content (AvgIpc) is 2.53. The number of thiocarbonyl (C=S) groups is 1. The predicted molar refractivity (Wildman–Crippen MR) is 57.4 cm³/mol. The van der Waals surface area contributed by atoms with Gasteiger partial charge in [-0.15, -0.1) is 11.3 Å². The number of nitrogens with one attached hydrogen (secondary N) is 3. The summed E-state index contributed by atoms with van der Waals surface area (Å²) in [6, 6.07) is 3.96. The van der Waals surface area contributed by atoms with Crippen molar-refractivity contribution in [2.24, 2.45) is 0 Å². The number of rotatable bonds is 3. The molecule has 0 radical (unpaired) electrons. The summed E-state index contributed by atoms with van der Waals surface area (Å²) in [5, 5.41) is 6.64. The molecule has 0 saturated heterocycles. The maximum Gasteiger partial charge on any atom is 0.185 e. The molecule has 0 saturated carbocycles. The monoisotopic (exact) mass is 201 g/mol. The largest absolute Gasteiger partial charge is 0.362 e. The zero-order valence-corrected chi connectivity index (χ0v) is 8.39. The number of hydrogen-bond acceptors (Lipinski definition) is 3. The first-order chi connectivity index (χ1) is 5.83. The van der Waals surface area contributed by atoms with Crippen molar-refractivity contribution in [2.45, 2.75) is 6.92 Å². The van der Waals surface area contributed by atoms with Gasteiger partial charge < -0.3 is 5.32 Å². The molecule has 0 amide bonds. The van der Waals surface area contributed by atoms with Gasteiger partial charge in [0, 0.05) is 6.54 Å². The molecule has 0 aliphatic rings. The molecule has 1 aromatic heterocycles. The lowest BCUT2D eigenvalue weighted by Crippen LogP contribution is -2.38. The Hall–Kier alpha value is -0.810. The van der Waals surface area contributed by atoms with Gasteiger partial charge in [0.05, 0.1) is 0 Å². The van der Waals surface area contributed by atoms with E-state index in [-0.39, 0.29) is 0 Å². The summed E-state index contributed by atoms with van der Waals surface area (Å²) in [6.45, 7) is 2.83. The zero-order valence-electron chi connectivity index (χ0n) is 6.76. The van der Waals surface area contributed by atoms with E-state index in [0.29, 0.717) is 5.11 Å². The van der Waals surface area contributed by atoms with Crippen LogP contribution in [0.3, 0.4) is 0 Å². The van der Waals surface area contributed by atoms with Crippen LogP contribution in [0.1, 0.15) is 6.92 Å². The molecule has 0 bridgehead atoms. The van der Waals surface area contributed by atoms with Gasteiger partial charge in [0.25, 0.3) is 0 Å². The lowest BCUT2D eigenvalue weighted by molar-refractivity contribution is 0.930. The molecule has 0 aliphatic heterocycles. The Morgan fingerprint density at radius 2 is 2.50 bits per heavy atom. The lowest BCUT2D eigenvalue weighted by atomic mass is 10.6. The van der Waals surface area contributed by atoms with Crippen LogP contribution in [0.15, 0.2) is 17.5 Å². The van der Waals surface area contributed by atoms with E-state index < -0.39 is 0 Å². The van der Waals surface area contributed by atoms with Crippen molar-refractivity contribution < 1.29 is 0 Å². The minimum atomic E-state index is 0.617. The van der Waals surface area contributed by atoms with Gasteiger partial charge in [-0.2, -0.15) is 0 Å². The minimum absolute atomic E-state index is 0.617. The molecule has 0 atom stereocenters. The molecule has 0 unspecified atom stereocenters. The van der Waals surface area contributed by atoms with Crippen LogP contribution in [0.2, 0.25) is 0 Å². The number of hydrogen-bond donors (Lipinski definition) is 3. The molecule has 0 aromatic carbocycles. The second-order valence-corrected chi connectivity index (χ2v) is 3.44. The van der Waals surface area contributed by atoms with Crippen molar-refractivity contribution >= 4 is 33.7 Å². The zero-order chi connectivity index (χ0) is 8.81. The summed E-state index contributed by atoms with van der Waals surface area (Å²) >= 11 is 6.57. The molecule has 0 aliphatic carbocycles. The highest BCUT2D eigenvalue weighted by atomic mass is 32.1. The van der Waals surface area contributed by atoms with Gasteiger partial charge in [0.2, 0.25) is 0 Å². The molecular formula is C7H11N3S2. The number of anilines is 1. The molecule has 1 aromatic rings. The maximum atomic E-state index is 4.95. The van der Waals surface area contributed by atoms with Crippen LogP contribution in [0.5, 0.6) is 0 Å². The molecule has 3 nitrogen and oxygen atoms in total. The second kappa shape index (κ2) is 4.95. The van der Waals surface area contributed by atoms with Gasteiger partial charge in [-0.25, -0.2) is 0 Å². The van der Waals surface area contributed by atoms with E-state index in [1.54, 1.807) is 11.3 Å². The van der Waals surface area contributed by atoms with Crippen molar-refractivity contribution in [3.8, 4) is 0 Å². The van der Waals surface area contributed by atoms with Crippen molar-refractivity contribution in [2.75, 3.05) is 12.0 Å². The summed E-state index contributed by atoms with van der Waals surface area (Å²) in [5.74, 6) is 0. The summed E-state index contributed by atoms with van der Waals surface area (Å²) < 4.78 is 0. The third-order valence-electron chi connectivity index (χ3n) is 1.16. The standard InChI is InChI=1S/C7H11N3S2/c1-2-8-7(11)10-9-6-4-3-5-12-6/h3-5,9H,2H2,1H3,(H2,8,10,11). The van der Waals surface area contributed by atoms with Crippen LogP contribution in [-0.2, 0) is 0 Å². The van der Waals surface area contributed by atoms with Crippen LogP contribution < -0.4 is 16.2 Å². The van der Waals surface area contributed by atoms with E-state index in [1.807, 2.05) is 24.4 Å². The van der Waals surface area contributed by atoms with Crippen LogP contribution in [0.25, 0.3) is 0 Å². The SMILES string of the molecule is CCNC(=S)NNc1cccs1. The molecule has 0 fully saturated rings. The summed E-state index contributed by atoms with van der Waals surface area (Å²) in [7, 11) is 0. The minimum Gasteiger partial charge on any atom is -0.362 e. The summed E-state index contributed by atoms with van der Waals surface area (Å²) in [6.07, 6.45) is 0. The molecule has 66 valence electrons. The molecule has 3 N–H and O–H groups in total. The highest BCUT2D eigenvalue weighted by molar-refractivity contribution is 7.80. The third kappa shape index (κ3) is 3.06. The van der Waals surface area contributed by atoms with Crippen molar-refractivity contribution in [3.63, 3.8) is 0 Å². The van der Waals surface area contributed by atoms with Crippen LogP contribution in [0.4, 0.5) is 5.00 Å². The topological polar surface area (TPSA) is 36.1 Å². The average molecular weight is 201 g/mol. The van der Waals surface area contributed by atoms with Crippen LogP contribution in [-0.4, -0.2) is 11.7 Å². The van der Waals surface area contributed by atoms with Crippen molar-refractivity contribution in [1.82, 2.24) is 10.7 Å². The highest BCUT2D eigenvalue weighted by Gasteiger charge is 1.92. The fourth-order valence-electron chi connectivity index (χ4n) is 0.673. The number of hydrazine groups is 1. The molecule has 1 heterocycles. The van der Waals surface area contributed by atoms with Crippen LogP contribution >= 0.6 is 23.6 Å². The Morgan fingerprint density at radius 1 is 1.67 bits per heavy atom. The maximum absolute atomic E-state index is 4.95. The molecule has 1 rings (SSSR count). The third-order valence-corrected chi connectivity index (χ3v) is 2.19. The van der Waals surface area contributed by atoms with Gasteiger partial charge >= 0.3 is 0 Å². The summed E-state index contributed by atoms with van der Waals surface area (Å²) in [5.41, 5.74) is 5.84. The smallest absolute Gasteiger partial charge is 0.185 e. The Labute approximate surface area is 81.1 Å². The van der Waals surface area contributed by atoms with E-state index in [4.69, 9.17) is 12.2 Å². The Bertz CT molecular complexity index is 233. The quantitative estimate of drug-likeness (QED) is 0.512. The molecule has 0 spiro atoms. The predicted octanol–water partition coefficient (Wildman–Crippen LogP) is 1.56.